The van der Waals surface area contributed by atoms with Gasteiger partial charge in [-0.25, -0.2) is 0 Å². The second-order valence-corrected chi connectivity index (χ2v) is 8.57. The van der Waals surface area contributed by atoms with Crippen molar-refractivity contribution >= 4 is 29.1 Å². The molecule has 0 fully saturated rings. The molecule has 4 rings (SSSR count). The zero-order valence-electron chi connectivity index (χ0n) is 20.5. The first-order valence-corrected chi connectivity index (χ1v) is 11.6. The fraction of sp³-hybridized carbons (Fsp3) is 0.259. The van der Waals surface area contributed by atoms with Crippen molar-refractivity contribution in [3.05, 3.63) is 76.3 Å². The first-order chi connectivity index (χ1) is 17.4. The van der Waals surface area contributed by atoms with E-state index in [4.69, 9.17) is 30.5 Å². The number of carbonyl (C=O) groups is 2. The molecule has 3 aromatic rings. The molecule has 1 aliphatic rings. The predicted octanol–water partition coefficient (Wildman–Crippen LogP) is 5.10. The SMILES string of the molecule is COc1cc(OC)c(NC(=O)C[C@@H](c2ccc(OC)c(OC)c2)N2Cc3ccccc3C2=O)cc1Cl. The second kappa shape index (κ2) is 10.8. The van der Waals surface area contributed by atoms with E-state index < -0.39 is 6.04 Å². The molecule has 188 valence electrons. The number of anilines is 1. The number of amides is 2. The van der Waals surface area contributed by atoms with E-state index in [-0.39, 0.29) is 18.2 Å². The number of carbonyl (C=O) groups excluding carboxylic acids is 2. The molecule has 0 unspecified atom stereocenters. The van der Waals surface area contributed by atoms with Gasteiger partial charge in [-0.2, -0.15) is 0 Å². The number of rotatable bonds is 9. The minimum atomic E-state index is -0.565. The van der Waals surface area contributed by atoms with Crippen LogP contribution in [0.5, 0.6) is 23.0 Å². The fourth-order valence-electron chi connectivity index (χ4n) is 4.33. The maximum absolute atomic E-state index is 13.3. The van der Waals surface area contributed by atoms with Crippen molar-refractivity contribution in [1.82, 2.24) is 4.90 Å². The Labute approximate surface area is 214 Å². The molecule has 0 aromatic heterocycles. The summed E-state index contributed by atoms with van der Waals surface area (Å²) in [5.74, 6) is 1.43. The molecule has 1 N–H and O–H groups in total. The van der Waals surface area contributed by atoms with Gasteiger partial charge >= 0.3 is 0 Å². The van der Waals surface area contributed by atoms with E-state index in [2.05, 4.69) is 5.32 Å². The molecule has 9 heteroatoms. The quantitative estimate of drug-likeness (QED) is 0.431. The van der Waals surface area contributed by atoms with Gasteiger partial charge in [-0.05, 0) is 35.4 Å². The summed E-state index contributed by atoms with van der Waals surface area (Å²) in [6.45, 7) is 0.388. The maximum atomic E-state index is 13.3. The summed E-state index contributed by atoms with van der Waals surface area (Å²) >= 11 is 6.27. The number of hydrogen-bond acceptors (Lipinski definition) is 6. The molecule has 2 amide bonds. The Kier molecular flexibility index (Phi) is 7.55. The van der Waals surface area contributed by atoms with Crippen molar-refractivity contribution in [2.45, 2.75) is 19.0 Å². The van der Waals surface area contributed by atoms with E-state index in [1.165, 1.54) is 14.2 Å². The summed E-state index contributed by atoms with van der Waals surface area (Å²) in [5.41, 5.74) is 2.68. The molecule has 0 saturated heterocycles. The molecule has 0 saturated carbocycles. The molecule has 0 radical (unpaired) electrons. The zero-order valence-corrected chi connectivity index (χ0v) is 21.2. The predicted molar refractivity (Wildman–Crippen MR) is 136 cm³/mol. The van der Waals surface area contributed by atoms with Crippen LogP contribution in [-0.4, -0.2) is 45.2 Å². The van der Waals surface area contributed by atoms with Crippen molar-refractivity contribution in [2.75, 3.05) is 33.8 Å². The smallest absolute Gasteiger partial charge is 0.255 e. The number of fused-ring (bicyclic) bond motifs is 1. The summed E-state index contributed by atoms with van der Waals surface area (Å²) in [7, 11) is 6.08. The van der Waals surface area contributed by atoms with Gasteiger partial charge < -0.3 is 29.2 Å². The lowest BCUT2D eigenvalue weighted by atomic mass is 10.0. The molecule has 1 heterocycles. The van der Waals surface area contributed by atoms with E-state index in [0.717, 1.165) is 11.1 Å². The van der Waals surface area contributed by atoms with Crippen LogP contribution >= 0.6 is 11.6 Å². The lowest BCUT2D eigenvalue weighted by Crippen LogP contribution is -2.32. The molecule has 36 heavy (non-hydrogen) atoms. The lowest BCUT2D eigenvalue weighted by Gasteiger charge is -2.28. The van der Waals surface area contributed by atoms with E-state index in [1.54, 1.807) is 49.5 Å². The summed E-state index contributed by atoms with van der Waals surface area (Å²) in [6.07, 6.45) is -0.0119. The topological polar surface area (TPSA) is 86.3 Å². The maximum Gasteiger partial charge on any atom is 0.255 e. The van der Waals surface area contributed by atoms with Crippen LogP contribution < -0.4 is 24.3 Å². The number of benzene rings is 3. The molecular weight excluding hydrogens is 484 g/mol. The van der Waals surface area contributed by atoms with Crippen LogP contribution in [0.3, 0.4) is 0 Å². The van der Waals surface area contributed by atoms with Crippen molar-refractivity contribution in [3.8, 4) is 23.0 Å². The number of nitrogens with one attached hydrogen (secondary N) is 1. The van der Waals surface area contributed by atoms with E-state index in [1.807, 2.05) is 24.3 Å². The molecule has 0 spiro atoms. The number of ether oxygens (including phenoxy) is 4. The standard InChI is InChI=1S/C27H27ClN2O6/c1-33-22-10-9-16(11-25(22)36-4)21(30-15-17-7-5-6-8-18(17)27(30)32)13-26(31)29-20-12-19(28)23(34-2)14-24(20)35-3/h5-12,14,21H,13,15H2,1-4H3,(H,29,31)/t21-/m0/s1. The third-order valence-corrected chi connectivity index (χ3v) is 6.44. The lowest BCUT2D eigenvalue weighted by molar-refractivity contribution is -0.117. The van der Waals surface area contributed by atoms with Gasteiger partial charge in [0.05, 0.1) is 51.6 Å². The summed E-state index contributed by atoms with van der Waals surface area (Å²) in [6, 6.07) is 15.4. The van der Waals surface area contributed by atoms with Gasteiger partial charge in [0, 0.05) is 18.2 Å². The second-order valence-electron chi connectivity index (χ2n) is 8.16. The van der Waals surface area contributed by atoms with E-state index >= 15 is 0 Å². The van der Waals surface area contributed by atoms with E-state index in [9.17, 15) is 9.59 Å². The highest BCUT2D eigenvalue weighted by Gasteiger charge is 2.35. The van der Waals surface area contributed by atoms with Crippen LogP contribution in [0.15, 0.2) is 54.6 Å². The average molecular weight is 511 g/mol. The zero-order chi connectivity index (χ0) is 25.8. The minimum Gasteiger partial charge on any atom is -0.495 e. The minimum absolute atomic E-state index is 0.0119. The van der Waals surface area contributed by atoms with Crippen molar-refractivity contribution < 1.29 is 28.5 Å². The number of halogens is 1. The summed E-state index contributed by atoms with van der Waals surface area (Å²) in [4.78, 5) is 28.3. The van der Waals surface area contributed by atoms with Crippen molar-refractivity contribution in [1.29, 1.82) is 0 Å². The monoisotopic (exact) mass is 510 g/mol. The number of nitrogens with zero attached hydrogens (tertiary/aromatic N) is 1. The van der Waals surface area contributed by atoms with Gasteiger partial charge in [-0.3, -0.25) is 9.59 Å². The van der Waals surface area contributed by atoms with Crippen molar-refractivity contribution in [2.24, 2.45) is 0 Å². The van der Waals surface area contributed by atoms with Gasteiger partial charge in [0.25, 0.3) is 5.91 Å². The molecular formula is C27H27ClN2O6. The highest BCUT2D eigenvalue weighted by molar-refractivity contribution is 6.32. The average Bonchev–Trinajstić information content (AvgIpc) is 3.23. The Bertz CT molecular complexity index is 1300. The van der Waals surface area contributed by atoms with Gasteiger partial charge in [0.15, 0.2) is 11.5 Å². The Balaban J connectivity index is 1.67. The van der Waals surface area contributed by atoms with Crippen LogP contribution in [0.25, 0.3) is 0 Å². The fourth-order valence-corrected chi connectivity index (χ4v) is 4.57. The Morgan fingerprint density at radius 3 is 2.28 bits per heavy atom. The van der Waals surface area contributed by atoms with Gasteiger partial charge in [0.2, 0.25) is 5.91 Å². The van der Waals surface area contributed by atoms with E-state index in [0.29, 0.717) is 45.8 Å². The number of hydrogen-bond donors (Lipinski definition) is 1. The highest BCUT2D eigenvalue weighted by atomic mass is 35.5. The normalized spacial score (nSPS) is 13.1. The van der Waals surface area contributed by atoms with Crippen LogP contribution in [-0.2, 0) is 11.3 Å². The van der Waals surface area contributed by atoms with Crippen LogP contribution in [0.4, 0.5) is 5.69 Å². The molecule has 8 nitrogen and oxygen atoms in total. The largest absolute Gasteiger partial charge is 0.495 e. The van der Waals surface area contributed by atoms with Crippen molar-refractivity contribution in [3.63, 3.8) is 0 Å². The molecule has 1 aliphatic heterocycles. The van der Waals surface area contributed by atoms with Gasteiger partial charge in [-0.15, -0.1) is 0 Å². The molecule has 3 aromatic carbocycles. The highest BCUT2D eigenvalue weighted by Crippen LogP contribution is 2.39. The first kappa shape index (κ1) is 25.2. The third-order valence-electron chi connectivity index (χ3n) is 6.14. The Morgan fingerprint density at radius 2 is 1.61 bits per heavy atom. The van der Waals surface area contributed by atoms with Crippen LogP contribution in [0.2, 0.25) is 5.02 Å². The molecule has 1 atom stereocenters. The van der Waals surface area contributed by atoms with Crippen LogP contribution in [0, 0.1) is 0 Å². The first-order valence-electron chi connectivity index (χ1n) is 11.2. The molecule has 0 bridgehead atoms. The summed E-state index contributed by atoms with van der Waals surface area (Å²) < 4.78 is 21.5. The molecule has 0 aliphatic carbocycles. The van der Waals surface area contributed by atoms with Crippen LogP contribution in [0.1, 0.15) is 33.9 Å². The number of methoxy groups -OCH3 is 4. The Hall–Kier alpha value is -3.91. The summed E-state index contributed by atoms with van der Waals surface area (Å²) in [5, 5.41) is 3.20. The Morgan fingerprint density at radius 1 is 0.917 bits per heavy atom. The van der Waals surface area contributed by atoms with Gasteiger partial charge in [0.1, 0.15) is 11.5 Å². The van der Waals surface area contributed by atoms with Gasteiger partial charge in [-0.1, -0.05) is 35.9 Å². The third kappa shape index (κ3) is 4.90.